The van der Waals surface area contributed by atoms with Crippen LogP contribution in [0.2, 0.25) is 0 Å². The lowest BCUT2D eigenvalue weighted by Gasteiger charge is -2.20. The lowest BCUT2D eigenvalue weighted by Crippen LogP contribution is -2.42. The highest BCUT2D eigenvalue weighted by Crippen LogP contribution is 2.35. The average molecular weight is 645 g/mol. The van der Waals surface area contributed by atoms with Gasteiger partial charge in [-0.1, -0.05) is 49.4 Å². The number of aliphatic hydroxyl groups is 2. The molecule has 1 saturated heterocycles. The van der Waals surface area contributed by atoms with Gasteiger partial charge >= 0.3 is 12.1 Å². The van der Waals surface area contributed by atoms with E-state index in [4.69, 9.17) is 25.6 Å². The highest BCUT2D eigenvalue weighted by molar-refractivity contribution is 5.87. The number of carbonyl (C=O) groups excluding carboxylic acids is 1. The molecule has 1 aliphatic carbocycles. The number of nitrogens with zero attached hydrogens (tertiary/aromatic N) is 5. The van der Waals surface area contributed by atoms with Gasteiger partial charge in [-0.2, -0.15) is 23.1 Å². The molecule has 2 fully saturated rings. The van der Waals surface area contributed by atoms with Crippen molar-refractivity contribution in [2.24, 2.45) is 5.73 Å². The number of alkyl halides is 3. The minimum Gasteiger partial charge on any atom is -0.475 e. The second kappa shape index (κ2) is 13.4. The van der Waals surface area contributed by atoms with Crippen molar-refractivity contribution in [3.05, 3.63) is 54.4 Å². The second-order valence-corrected chi connectivity index (χ2v) is 11.3. The van der Waals surface area contributed by atoms with Gasteiger partial charge in [0.05, 0.1) is 18.4 Å². The lowest BCUT2D eigenvalue weighted by molar-refractivity contribution is -0.192. The second-order valence-electron chi connectivity index (χ2n) is 11.3. The number of benzene rings is 2. The number of hydrogen-bond donors (Lipinski definition) is 6. The molecular formula is C30H35F3N8O5. The number of aromatic nitrogens is 4. The van der Waals surface area contributed by atoms with Crippen molar-refractivity contribution in [1.29, 1.82) is 0 Å². The Hall–Kier alpha value is -4.54. The van der Waals surface area contributed by atoms with Crippen LogP contribution in [0.25, 0.3) is 21.9 Å². The third kappa shape index (κ3) is 6.98. The molecule has 6 rings (SSSR count). The molecule has 46 heavy (non-hydrogen) atoms. The summed E-state index contributed by atoms with van der Waals surface area (Å²) in [4.78, 5) is 37.3. The molecule has 0 unspecified atom stereocenters. The number of carboxylic acid groups (broad SMARTS) is 1. The number of rotatable bonds is 7. The van der Waals surface area contributed by atoms with Gasteiger partial charge in [0.15, 0.2) is 17.0 Å². The number of fused-ring (bicyclic) bond motifs is 2. The van der Waals surface area contributed by atoms with Crippen molar-refractivity contribution in [2.45, 2.75) is 69.2 Å². The van der Waals surface area contributed by atoms with Crippen molar-refractivity contribution in [3.8, 4) is 0 Å². The standard InChI is InChI=1S/C28H34N8O3.C2HF3O2/c1-2-22(37)32-20-12-21(25(39)24(20)38)36-15-31-23-26(33-28(34-27(23)36)35-11-10-18(29)14-35)30-13-17-8-5-7-16-6-3-4-9-19(16)17;3-2(4,5)1(6)7/h3-9,15,18,20-21,24-25,38-39H,2,10-14,29H2,1H3,(H,32,37)(H,30,33,34);(H,6,7)/t18-,20+,21-,24-,25+;/m1./s1. The molecule has 246 valence electrons. The van der Waals surface area contributed by atoms with Crippen LogP contribution < -0.4 is 21.3 Å². The van der Waals surface area contributed by atoms with Gasteiger partial charge in [-0.25, -0.2) is 9.78 Å². The Balaban J connectivity index is 0.000000537. The molecule has 4 aromatic rings. The third-order valence-corrected chi connectivity index (χ3v) is 8.16. The van der Waals surface area contributed by atoms with Crippen molar-refractivity contribution in [3.63, 3.8) is 0 Å². The molecule has 1 amide bonds. The fourth-order valence-electron chi connectivity index (χ4n) is 5.74. The maximum atomic E-state index is 12.0. The average Bonchev–Trinajstić information content (AvgIpc) is 3.73. The number of aliphatic hydroxyl groups excluding tert-OH is 2. The van der Waals surface area contributed by atoms with Gasteiger partial charge < -0.3 is 41.2 Å². The van der Waals surface area contributed by atoms with E-state index in [0.717, 1.165) is 23.9 Å². The van der Waals surface area contributed by atoms with E-state index < -0.39 is 36.4 Å². The van der Waals surface area contributed by atoms with E-state index in [-0.39, 0.29) is 11.9 Å². The Morgan fingerprint density at radius 1 is 1.09 bits per heavy atom. The zero-order valence-corrected chi connectivity index (χ0v) is 24.9. The molecule has 5 atom stereocenters. The topological polar surface area (TPSA) is 192 Å². The van der Waals surface area contributed by atoms with Crippen molar-refractivity contribution < 1.29 is 38.1 Å². The van der Waals surface area contributed by atoms with Crippen molar-refractivity contribution in [1.82, 2.24) is 24.8 Å². The molecule has 0 spiro atoms. The number of aliphatic carboxylic acids is 1. The van der Waals surface area contributed by atoms with E-state index in [0.29, 0.717) is 48.9 Å². The summed E-state index contributed by atoms with van der Waals surface area (Å²) in [5, 5.41) is 37.4. The van der Waals surface area contributed by atoms with Crippen LogP contribution in [0.3, 0.4) is 0 Å². The number of nitrogens with two attached hydrogens (primary N) is 1. The summed E-state index contributed by atoms with van der Waals surface area (Å²) in [6.45, 7) is 3.69. The quantitative estimate of drug-likeness (QED) is 0.173. The third-order valence-electron chi connectivity index (χ3n) is 8.16. The molecule has 2 aliphatic rings. The molecule has 7 N–H and O–H groups in total. The van der Waals surface area contributed by atoms with Gasteiger partial charge in [0, 0.05) is 32.1 Å². The molecule has 0 radical (unpaired) electrons. The summed E-state index contributed by atoms with van der Waals surface area (Å²) < 4.78 is 33.5. The number of halogens is 3. The Morgan fingerprint density at radius 3 is 2.48 bits per heavy atom. The van der Waals surface area contributed by atoms with Gasteiger partial charge in [0.25, 0.3) is 0 Å². The number of anilines is 2. The molecule has 3 heterocycles. The molecule has 1 saturated carbocycles. The van der Waals surface area contributed by atoms with Crippen LogP contribution in [0.4, 0.5) is 24.9 Å². The summed E-state index contributed by atoms with van der Waals surface area (Å²) in [7, 11) is 0. The van der Waals surface area contributed by atoms with E-state index in [1.54, 1.807) is 17.8 Å². The Morgan fingerprint density at radius 2 is 1.80 bits per heavy atom. The minimum atomic E-state index is -5.08. The van der Waals surface area contributed by atoms with E-state index in [1.807, 2.05) is 18.2 Å². The van der Waals surface area contributed by atoms with E-state index >= 15 is 0 Å². The molecular weight excluding hydrogens is 609 g/mol. The van der Waals surface area contributed by atoms with E-state index in [1.165, 1.54) is 5.39 Å². The predicted molar refractivity (Wildman–Crippen MR) is 163 cm³/mol. The summed E-state index contributed by atoms with van der Waals surface area (Å²) in [5.74, 6) is -1.79. The first-order valence-corrected chi connectivity index (χ1v) is 14.8. The largest absolute Gasteiger partial charge is 0.490 e. The minimum absolute atomic E-state index is 0.0519. The lowest BCUT2D eigenvalue weighted by atomic mass is 10.0. The van der Waals surface area contributed by atoms with Gasteiger partial charge in [-0.3, -0.25) is 4.79 Å². The van der Waals surface area contributed by atoms with Crippen molar-refractivity contribution >= 4 is 45.6 Å². The Labute approximate surface area is 261 Å². The smallest absolute Gasteiger partial charge is 0.475 e. The number of carboxylic acids is 1. The van der Waals surface area contributed by atoms with Crippen LogP contribution in [0, 0.1) is 0 Å². The summed E-state index contributed by atoms with van der Waals surface area (Å²) >= 11 is 0. The molecule has 2 aromatic carbocycles. The summed E-state index contributed by atoms with van der Waals surface area (Å²) in [5.41, 5.74) is 8.45. The number of carbonyl (C=O) groups is 2. The number of nitrogens with one attached hydrogen (secondary N) is 2. The first-order chi connectivity index (χ1) is 21.9. The fourth-order valence-corrected chi connectivity index (χ4v) is 5.74. The number of amides is 1. The van der Waals surface area contributed by atoms with Crippen LogP contribution in [-0.2, 0) is 16.1 Å². The van der Waals surface area contributed by atoms with Crippen LogP contribution in [0.15, 0.2) is 48.8 Å². The van der Waals surface area contributed by atoms with Gasteiger partial charge in [0.2, 0.25) is 11.9 Å². The first-order valence-electron chi connectivity index (χ1n) is 14.8. The fraction of sp³-hybridized carbons (Fsp3) is 0.433. The molecule has 13 nitrogen and oxygen atoms in total. The van der Waals surface area contributed by atoms with Crippen molar-refractivity contribution in [2.75, 3.05) is 23.3 Å². The van der Waals surface area contributed by atoms with Gasteiger partial charge in [-0.05, 0) is 29.2 Å². The normalized spacial score (nSPS) is 22.9. The highest BCUT2D eigenvalue weighted by Gasteiger charge is 2.44. The maximum absolute atomic E-state index is 12.0. The van der Waals surface area contributed by atoms with E-state index in [2.05, 4.69) is 44.8 Å². The first kappa shape index (κ1) is 32.8. The molecule has 2 aromatic heterocycles. The number of imidazole rings is 1. The SMILES string of the molecule is CCC(=O)N[C@H]1C[C@@H](n2cnc3c(NCc4cccc5ccccc45)nc(N4CC[C@@H](N)C4)nc32)[C@H](O)[C@@H]1O.O=C(O)C(F)(F)F. The highest BCUT2D eigenvalue weighted by atomic mass is 19.4. The molecule has 16 heteroatoms. The predicted octanol–water partition coefficient (Wildman–Crippen LogP) is 2.32. The number of hydrogen-bond acceptors (Lipinski definition) is 10. The Bertz CT molecular complexity index is 1710. The zero-order valence-electron chi connectivity index (χ0n) is 24.9. The zero-order chi connectivity index (χ0) is 33.2. The van der Waals surface area contributed by atoms with Crippen LogP contribution >= 0.6 is 0 Å². The van der Waals surface area contributed by atoms with Gasteiger partial charge in [0.1, 0.15) is 12.2 Å². The van der Waals surface area contributed by atoms with Crippen LogP contribution in [0.5, 0.6) is 0 Å². The summed E-state index contributed by atoms with van der Waals surface area (Å²) in [6, 6.07) is 13.5. The van der Waals surface area contributed by atoms with E-state index in [9.17, 15) is 28.2 Å². The summed E-state index contributed by atoms with van der Waals surface area (Å²) in [6.07, 6.45) is -4.12. The van der Waals surface area contributed by atoms with Gasteiger partial charge in [-0.15, -0.1) is 0 Å². The molecule has 0 bridgehead atoms. The monoisotopic (exact) mass is 644 g/mol. The van der Waals surface area contributed by atoms with Crippen LogP contribution in [-0.4, -0.2) is 90.3 Å². The van der Waals surface area contributed by atoms with Crippen LogP contribution in [0.1, 0.15) is 37.8 Å². The Kier molecular flexibility index (Phi) is 9.60. The maximum Gasteiger partial charge on any atom is 0.490 e. The molecule has 1 aliphatic heterocycles.